The molecule has 8 heteroatoms. The smallest absolute Gasteiger partial charge is 0.328 e. The van der Waals surface area contributed by atoms with Gasteiger partial charge >= 0.3 is 11.9 Å². The van der Waals surface area contributed by atoms with Crippen molar-refractivity contribution in [3.63, 3.8) is 0 Å². The summed E-state index contributed by atoms with van der Waals surface area (Å²) in [6, 6.07) is 8.02. The van der Waals surface area contributed by atoms with Gasteiger partial charge in [0.2, 0.25) is 0 Å². The van der Waals surface area contributed by atoms with E-state index in [1.807, 2.05) is 61.4 Å². The van der Waals surface area contributed by atoms with Crippen LogP contribution in [0.15, 0.2) is 61.6 Å². The van der Waals surface area contributed by atoms with E-state index in [0.717, 1.165) is 34.4 Å². The number of carboxylic acids is 2. The number of rotatable bonds is 8. The Hall–Kier alpha value is -3.94. The normalized spacial score (nSPS) is 10.6. The van der Waals surface area contributed by atoms with E-state index >= 15 is 0 Å². The van der Waals surface area contributed by atoms with Gasteiger partial charge in [0.15, 0.2) is 5.78 Å². The lowest BCUT2D eigenvalue weighted by Crippen LogP contribution is -2.06. The lowest BCUT2D eigenvalue weighted by molar-refractivity contribution is -0.134. The molecular weight excluding hydrogens is 398 g/mol. The number of para-hydroxylation sites is 1. The lowest BCUT2D eigenvalue weighted by atomic mass is 10.0. The second kappa shape index (κ2) is 10.7. The average Bonchev–Trinajstić information content (AvgIpc) is 3.25. The molecule has 0 aliphatic carbocycles. The molecule has 0 amide bonds. The molecule has 0 aliphatic heterocycles. The summed E-state index contributed by atoms with van der Waals surface area (Å²) in [4.78, 5) is 36.1. The number of carboxylic acid groups (broad SMARTS) is 2. The maximum absolute atomic E-state index is 12.7. The predicted molar refractivity (Wildman–Crippen MR) is 117 cm³/mol. The molecule has 1 aromatic carbocycles. The quantitative estimate of drug-likeness (QED) is 0.326. The Labute approximate surface area is 179 Å². The van der Waals surface area contributed by atoms with Crippen molar-refractivity contribution in [3.8, 4) is 0 Å². The minimum Gasteiger partial charge on any atom is -0.478 e. The molecule has 0 unspecified atom stereocenters. The molecule has 162 valence electrons. The fraction of sp³-hybridized carbons (Fsp3) is 0.217. The first-order valence-corrected chi connectivity index (χ1v) is 9.57. The third-order valence-corrected chi connectivity index (χ3v) is 4.64. The highest BCUT2D eigenvalue weighted by atomic mass is 16.4. The van der Waals surface area contributed by atoms with Crippen LogP contribution in [0.2, 0.25) is 0 Å². The maximum Gasteiger partial charge on any atom is 0.328 e. The van der Waals surface area contributed by atoms with E-state index in [-0.39, 0.29) is 5.78 Å². The van der Waals surface area contributed by atoms with Crippen LogP contribution in [0.3, 0.4) is 0 Å². The van der Waals surface area contributed by atoms with Gasteiger partial charge in [0, 0.05) is 60.5 Å². The fourth-order valence-corrected chi connectivity index (χ4v) is 3.20. The van der Waals surface area contributed by atoms with E-state index in [2.05, 4.69) is 16.1 Å². The Morgan fingerprint density at radius 3 is 2.39 bits per heavy atom. The van der Waals surface area contributed by atoms with Gasteiger partial charge in [-0.2, -0.15) is 0 Å². The molecule has 31 heavy (non-hydrogen) atoms. The van der Waals surface area contributed by atoms with E-state index < -0.39 is 11.9 Å². The van der Waals surface area contributed by atoms with E-state index in [9.17, 15) is 14.4 Å². The van der Waals surface area contributed by atoms with E-state index in [1.165, 1.54) is 0 Å². The third kappa shape index (κ3) is 6.27. The number of ketones is 1. The van der Waals surface area contributed by atoms with Gasteiger partial charge in [-0.1, -0.05) is 24.3 Å². The van der Waals surface area contributed by atoms with Crippen LogP contribution in [-0.4, -0.2) is 42.1 Å². The molecule has 2 heterocycles. The number of allylic oxidation sites excluding steroid dienone is 1. The molecule has 0 atom stereocenters. The van der Waals surface area contributed by atoms with Gasteiger partial charge in [-0.05, 0) is 19.4 Å². The Morgan fingerprint density at radius 2 is 1.77 bits per heavy atom. The second-order valence-electron chi connectivity index (χ2n) is 6.82. The molecule has 0 spiro atoms. The zero-order valence-electron chi connectivity index (χ0n) is 17.5. The number of aryl methyl sites for hydroxylation is 2. The first-order chi connectivity index (χ1) is 14.7. The molecule has 0 fully saturated rings. The number of aliphatic carboxylic acids is 2. The highest BCUT2D eigenvalue weighted by molar-refractivity contribution is 6.08. The van der Waals surface area contributed by atoms with Crippen LogP contribution in [-0.2, 0) is 29.6 Å². The summed E-state index contributed by atoms with van der Waals surface area (Å²) >= 11 is 0. The topological polar surface area (TPSA) is 114 Å². The maximum atomic E-state index is 12.7. The summed E-state index contributed by atoms with van der Waals surface area (Å²) in [7, 11) is 1.97. The number of aromatic nitrogens is 3. The van der Waals surface area contributed by atoms with Crippen molar-refractivity contribution >= 4 is 28.6 Å². The van der Waals surface area contributed by atoms with Crippen molar-refractivity contribution < 1.29 is 24.6 Å². The van der Waals surface area contributed by atoms with Crippen molar-refractivity contribution in [2.45, 2.75) is 26.3 Å². The van der Waals surface area contributed by atoms with Crippen molar-refractivity contribution in [1.82, 2.24) is 14.1 Å². The molecule has 0 aliphatic rings. The minimum absolute atomic E-state index is 0.174. The van der Waals surface area contributed by atoms with Crippen LogP contribution >= 0.6 is 0 Å². The largest absolute Gasteiger partial charge is 0.478 e. The Morgan fingerprint density at radius 1 is 1.13 bits per heavy atom. The van der Waals surface area contributed by atoms with Gasteiger partial charge in [-0.15, -0.1) is 6.58 Å². The van der Waals surface area contributed by atoms with Crippen LogP contribution in [0.5, 0.6) is 0 Å². The van der Waals surface area contributed by atoms with Gasteiger partial charge in [0.05, 0.1) is 12.0 Å². The van der Waals surface area contributed by atoms with Crippen LogP contribution in [0, 0.1) is 6.92 Å². The lowest BCUT2D eigenvalue weighted by Gasteiger charge is -2.06. The third-order valence-electron chi connectivity index (χ3n) is 4.64. The standard InChI is InChI=1S/C19H21N3O.C4H4O4/c1-4-11-22-13-20-14(2)17(22)9-10-19(23)16-12-21(3)18-8-6-5-7-15(16)18;5-3(6)1-2-4(7)8/h4-8,12-13H,1,9-11H2,2-3H3;1-2H,(H,5,6)(H,7,8). The Kier molecular flexibility index (Phi) is 8.08. The monoisotopic (exact) mass is 423 g/mol. The molecule has 2 N–H and O–H groups in total. The Bertz CT molecular complexity index is 1120. The predicted octanol–water partition coefficient (Wildman–Crippen LogP) is 3.40. The molecule has 3 rings (SSSR count). The highest BCUT2D eigenvalue weighted by Gasteiger charge is 2.15. The van der Waals surface area contributed by atoms with Crippen molar-refractivity contribution in [1.29, 1.82) is 0 Å². The molecule has 0 bridgehead atoms. The number of nitrogens with zero attached hydrogens (tertiary/aromatic N) is 3. The van der Waals surface area contributed by atoms with Gasteiger partial charge in [-0.3, -0.25) is 4.79 Å². The molecule has 3 aromatic rings. The number of imidazole rings is 1. The van der Waals surface area contributed by atoms with Crippen LogP contribution in [0.25, 0.3) is 10.9 Å². The van der Waals surface area contributed by atoms with E-state index in [4.69, 9.17) is 10.2 Å². The van der Waals surface area contributed by atoms with Gasteiger partial charge in [0.25, 0.3) is 0 Å². The number of hydrogen-bond acceptors (Lipinski definition) is 4. The van der Waals surface area contributed by atoms with Crippen LogP contribution in [0.4, 0.5) is 0 Å². The van der Waals surface area contributed by atoms with Crippen LogP contribution < -0.4 is 0 Å². The van der Waals surface area contributed by atoms with Crippen molar-refractivity contribution in [3.05, 3.63) is 78.5 Å². The molecule has 0 radical (unpaired) electrons. The number of fused-ring (bicyclic) bond motifs is 1. The second-order valence-corrected chi connectivity index (χ2v) is 6.82. The van der Waals surface area contributed by atoms with Gasteiger partial charge in [0.1, 0.15) is 0 Å². The number of carbonyl (C=O) groups is 3. The van der Waals surface area contributed by atoms with Gasteiger partial charge < -0.3 is 19.3 Å². The summed E-state index contributed by atoms with van der Waals surface area (Å²) in [5, 5.41) is 16.6. The summed E-state index contributed by atoms with van der Waals surface area (Å²) < 4.78 is 4.06. The fourth-order valence-electron chi connectivity index (χ4n) is 3.20. The highest BCUT2D eigenvalue weighted by Crippen LogP contribution is 2.22. The number of hydrogen-bond donors (Lipinski definition) is 2. The SMILES string of the molecule is C=CCn1cnc(C)c1CCC(=O)c1cn(C)c2ccccc12.O=C(O)C=CC(=O)O. The van der Waals surface area contributed by atoms with E-state index in [1.54, 1.807) is 0 Å². The minimum atomic E-state index is -1.26. The number of Topliss-reactive ketones (excluding diaryl/α,β-unsaturated/α-hetero) is 1. The number of carbonyl (C=O) groups excluding carboxylic acids is 1. The summed E-state index contributed by atoms with van der Waals surface area (Å²) in [5.41, 5.74) is 3.98. The molecule has 8 nitrogen and oxygen atoms in total. The van der Waals surface area contributed by atoms with Crippen molar-refractivity contribution in [2.75, 3.05) is 0 Å². The first-order valence-electron chi connectivity index (χ1n) is 9.57. The van der Waals surface area contributed by atoms with Crippen molar-refractivity contribution in [2.24, 2.45) is 7.05 Å². The van der Waals surface area contributed by atoms with Gasteiger partial charge in [-0.25, -0.2) is 14.6 Å². The van der Waals surface area contributed by atoms with E-state index in [0.29, 0.717) is 25.0 Å². The molecule has 0 saturated carbocycles. The molecule has 0 saturated heterocycles. The zero-order valence-corrected chi connectivity index (χ0v) is 17.5. The summed E-state index contributed by atoms with van der Waals surface area (Å²) in [6.45, 7) is 6.47. The zero-order chi connectivity index (χ0) is 23.0. The average molecular weight is 423 g/mol. The van der Waals surface area contributed by atoms with Crippen LogP contribution in [0.1, 0.15) is 28.2 Å². The molecular formula is C23H25N3O5. The molecule has 2 aromatic heterocycles. The Balaban J connectivity index is 0.000000366. The number of benzene rings is 1. The summed E-state index contributed by atoms with van der Waals surface area (Å²) in [6.07, 6.45) is 7.89. The summed E-state index contributed by atoms with van der Waals surface area (Å²) in [5.74, 6) is -2.34. The first kappa shape index (κ1) is 23.3.